The summed E-state index contributed by atoms with van der Waals surface area (Å²) in [6.07, 6.45) is 0. The highest BCUT2D eigenvalue weighted by atomic mass is 32.2. The molecule has 0 aliphatic rings. The Bertz CT molecular complexity index is 1180. The first-order valence-electron chi connectivity index (χ1n) is 8.30. The number of nitrogens with one attached hydrogen (secondary N) is 1. The molecular formula is C19H16FN3OS3. The number of thioether (sulfide) groups is 1. The van der Waals surface area contributed by atoms with Crippen LogP contribution in [-0.4, -0.2) is 15.0 Å². The molecule has 1 atom stereocenters. The Morgan fingerprint density at radius 2 is 1.93 bits per heavy atom. The quantitative estimate of drug-likeness (QED) is 0.432. The molecule has 0 aliphatic carbocycles. The molecule has 1 N–H and O–H groups in total. The zero-order valence-corrected chi connectivity index (χ0v) is 17.3. The van der Waals surface area contributed by atoms with E-state index in [9.17, 15) is 9.18 Å². The van der Waals surface area contributed by atoms with Crippen molar-refractivity contribution in [2.45, 2.75) is 30.4 Å². The summed E-state index contributed by atoms with van der Waals surface area (Å²) in [4.78, 5) is 26.6. The van der Waals surface area contributed by atoms with Gasteiger partial charge in [-0.2, -0.15) is 0 Å². The molecule has 0 aliphatic heterocycles. The van der Waals surface area contributed by atoms with Gasteiger partial charge in [0.05, 0.1) is 16.3 Å². The summed E-state index contributed by atoms with van der Waals surface area (Å²) in [5.41, 5.74) is 2.61. The Morgan fingerprint density at radius 1 is 1.19 bits per heavy atom. The van der Waals surface area contributed by atoms with Crippen LogP contribution in [-0.2, 0) is 0 Å². The summed E-state index contributed by atoms with van der Waals surface area (Å²) in [5, 5.41) is 2.59. The molecule has 0 unspecified atom stereocenters. The molecule has 4 nitrogen and oxygen atoms in total. The zero-order valence-electron chi connectivity index (χ0n) is 14.9. The van der Waals surface area contributed by atoms with E-state index in [1.807, 2.05) is 26.2 Å². The Hall–Kier alpha value is -2.03. The number of benzene rings is 1. The highest BCUT2D eigenvalue weighted by Crippen LogP contribution is 2.37. The lowest BCUT2D eigenvalue weighted by molar-refractivity contribution is 0.628. The lowest BCUT2D eigenvalue weighted by atomic mass is 10.2. The number of halogens is 1. The van der Waals surface area contributed by atoms with Crippen LogP contribution in [0.5, 0.6) is 0 Å². The molecular weight excluding hydrogens is 401 g/mol. The molecule has 1 aromatic carbocycles. The number of thiophene rings is 1. The Morgan fingerprint density at radius 3 is 2.67 bits per heavy atom. The van der Waals surface area contributed by atoms with E-state index in [-0.39, 0.29) is 16.6 Å². The van der Waals surface area contributed by atoms with Crippen LogP contribution in [0.1, 0.15) is 28.4 Å². The van der Waals surface area contributed by atoms with Gasteiger partial charge in [-0.05, 0) is 50.6 Å². The zero-order chi connectivity index (χ0) is 19.1. The maximum atomic E-state index is 13.1. The van der Waals surface area contributed by atoms with Gasteiger partial charge in [0, 0.05) is 15.8 Å². The van der Waals surface area contributed by atoms with E-state index in [2.05, 4.69) is 15.0 Å². The van der Waals surface area contributed by atoms with Crippen molar-refractivity contribution in [1.82, 2.24) is 15.0 Å². The summed E-state index contributed by atoms with van der Waals surface area (Å²) in [5.74, 6) is 0.388. The fourth-order valence-corrected chi connectivity index (χ4v) is 5.80. The van der Waals surface area contributed by atoms with Crippen LogP contribution < -0.4 is 5.56 Å². The van der Waals surface area contributed by atoms with E-state index in [0.717, 1.165) is 30.9 Å². The van der Waals surface area contributed by atoms with E-state index in [4.69, 9.17) is 0 Å². The van der Waals surface area contributed by atoms with Gasteiger partial charge in [-0.15, -0.1) is 22.7 Å². The van der Waals surface area contributed by atoms with Crippen molar-refractivity contribution in [3.63, 3.8) is 0 Å². The number of aromatic amines is 1. The minimum absolute atomic E-state index is 0.0444. The first-order chi connectivity index (χ1) is 12.9. The average molecular weight is 418 g/mol. The molecule has 0 fully saturated rings. The number of hydrogen-bond donors (Lipinski definition) is 1. The van der Waals surface area contributed by atoms with Crippen LogP contribution >= 0.6 is 34.4 Å². The SMILES string of the molecule is Cc1sc2nc([C@@H](C)Sc3nc(-c4ccc(F)cc4)cs3)[nH]c(=O)c2c1C. The number of fused-ring (bicyclic) bond motifs is 1. The lowest BCUT2D eigenvalue weighted by Crippen LogP contribution is -2.12. The molecule has 3 aromatic heterocycles. The van der Waals surface area contributed by atoms with Gasteiger partial charge in [-0.3, -0.25) is 4.79 Å². The van der Waals surface area contributed by atoms with E-state index in [1.165, 1.54) is 23.5 Å². The van der Waals surface area contributed by atoms with E-state index in [0.29, 0.717) is 11.2 Å². The van der Waals surface area contributed by atoms with Crippen molar-refractivity contribution < 1.29 is 4.39 Å². The van der Waals surface area contributed by atoms with Gasteiger partial charge >= 0.3 is 0 Å². The van der Waals surface area contributed by atoms with Crippen molar-refractivity contribution in [3.8, 4) is 11.3 Å². The normalized spacial score (nSPS) is 12.6. The number of thiazole rings is 1. The maximum Gasteiger partial charge on any atom is 0.259 e. The Kier molecular flexibility index (Phi) is 4.88. The Labute approximate surface area is 167 Å². The van der Waals surface area contributed by atoms with Crippen LogP contribution in [0.15, 0.2) is 38.8 Å². The van der Waals surface area contributed by atoms with Gasteiger partial charge in [-0.25, -0.2) is 14.4 Å². The summed E-state index contributed by atoms with van der Waals surface area (Å²) >= 11 is 4.63. The van der Waals surface area contributed by atoms with Crippen LogP contribution in [0.3, 0.4) is 0 Å². The molecule has 0 saturated heterocycles. The second-order valence-corrected chi connectivity index (χ2v) is 9.83. The average Bonchev–Trinajstić information content (AvgIpc) is 3.20. The fraction of sp³-hybridized carbons (Fsp3) is 0.211. The third-order valence-corrected chi connectivity index (χ3v) is 7.53. The van der Waals surface area contributed by atoms with Crippen LogP contribution in [0.25, 0.3) is 21.5 Å². The van der Waals surface area contributed by atoms with Crippen molar-refractivity contribution in [2.24, 2.45) is 0 Å². The van der Waals surface area contributed by atoms with E-state index >= 15 is 0 Å². The summed E-state index contributed by atoms with van der Waals surface area (Å²) in [6.45, 7) is 5.96. The first kappa shape index (κ1) is 18.3. The molecule has 0 bridgehead atoms. The standard InChI is InChI=1S/C19H16FN3OS3/c1-9-10(2)26-18-15(9)17(24)22-16(23-18)11(3)27-19-21-14(8-25-19)12-4-6-13(20)7-5-12/h4-8,11H,1-3H3,(H,22,23,24)/t11-/m1/s1. The first-order valence-corrected chi connectivity index (χ1v) is 10.9. The van der Waals surface area contributed by atoms with Crippen LogP contribution in [0.4, 0.5) is 4.39 Å². The molecule has 27 heavy (non-hydrogen) atoms. The molecule has 8 heteroatoms. The highest BCUT2D eigenvalue weighted by molar-refractivity contribution is 8.01. The van der Waals surface area contributed by atoms with Crippen LogP contribution in [0.2, 0.25) is 0 Å². The van der Waals surface area contributed by atoms with Gasteiger partial charge in [0.15, 0.2) is 4.34 Å². The monoisotopic (exact) mass is 417 g/mol. The van der Waals surface area contributed by atoms with Gasteiger partial charge in [-0.1, -0.05) is 11.8 Å². The minimum atomic E-state index is -0.262. The maximum absolute atomic E-state index is 13.1. The summed E-state index contributed by atoms with van der Waals surface area (Å²) in [7, 11) is 0. The van der Waals surface area contributed by atoms with Crippen LogP contribution in [0, 0.1) is 19.7 Å². The van der Waals surface area contributed by atoms with Crippen molar-refractivity contribution in [2.75, 3.05) is 0 Å². The van der Waals surface area contributed by atoms with Crippen molar-refractivity contribution in [1.29, 1.82) is 0 Å². The molecule has 0 spiro atoms. The van der Waals surface area contributed by atoms with Gasteiger partial charge in [0.2, 0.25) is 0 Å². The number of nitrogens with zero attached hydrogens (tertiary/aromatic N) is 2. The molecule has 0 saturated carbocycles. The number of aromatic nitrogens is 3. The van der Waals surface area contributed by atoms with E-state index < -0.39 is 0 Å². The van der Waals surface area contributed by atoms with Gasteiger partial charge in [0.1, 0.15) is 16.5 Å². The number of rotatable bonds is 4. The minimum Gasteiger partial charge on any atom is -0.309 e. The smallest absolute Gasteiger partial charge is 0.259 e. The molecule has 0 amide bonds. The predicted molar refractivity (Wildman–Crippen MR) is 111 cm³/mol. The molecule has 3 heterocycles. The molecule has 4 aromatic rings. The topological polar surface area (TPSA) is 58.6 Å². The lowest BCUT2D eigenvalue weighted by Gasteiger charge is -2.08. The molecule has 0 radical (unpaired) electrons. The van der Waals surface area contributed by atoms with E-state index in [1.54, 1.807) is 35.2 Å². The number of H-pyrrole nitrogens is 1. The van der Waals surface area contributed by atoms with Crippen molar-refractivity contribution in [3.05, 3.63) is 62.1 Å². The van der Waals surface area contributed by atoms with Crippen molar-refractivity contribution >= 4 is 44.7 Å². The fourth-order valence-electron chi connectivity index (χ4n) is 2.74. The third-order valence-electron chi connectivity index (χ3n) is 4.34. The third kappa shape index (κ3) is 3.56. The number of hydrogen-bond acceptors (Lipinski definition) is 6. The largest absolute Gasteiger partial charge is 0.309 e. The van der Waals surface area contributed by atoms with Gasteiger partial charge in [0.25, 0.3) is 5.56 Å². The number of aryl methyl sites for hydroxylation is 2. The second-order valence-electron chi connectivity index (χ2n) is 6.18. The summed E-state index contributed by atoms with van der Waals surface area (Å²) in [6, 6.07) is 6.30. The van der Waals surface area contributed by atoms with Gasteiger partial charge < -0.3 is 4.98 Å². The molecule has 138 valence electrons. The summed E-state index contributed by atoms with van der Waals surface area (Å²) < 4.78 is 14.0. The highest BCUT2D eigenvalue weighted by Gasteiger charge is 2.17. The Balaban J connectivity index is 1.59. The second kappa shape index (κ2) is 7.18. The molecule has 4 rings (SSSR count). The predicted octanol–water partition coefficient (Wildman–Crippen LogP) is 5.72.